The number of rotatable bonds is 3. The van der Waals surface area contributed by atoms with E-state index in [1.54, 1.807) is 16.7 Å². The highest BCUT2D eigenvalue weighted by Crippen LogP contribution is 2.22. The maximum atomic E-state index is 11.7. The van der Waals surface area contributed by atoms with Gasteiger partial charge >= 0.3 is 5.97 Å². The van der Waals surface area contributed by atoms with Gasteiger partial charge in [-0.05, 0) is 30.9 Å². The summed E-state index contributed by atoms with van der Waals surface area (Å²) in [6.45, 7) is 0. The van der Waals surface area contributed by atoms with Gasteiger partial charge in [-0.15, -0.1) is 0 Å². The van der Waals surface area contributed by atoms with Crippen molar-refractivity contribution < 1.29 is 18.3 Å². The smallest absolute Gasteiger partial charge is 0.337 e. The Morgan fingerprint density at radius 3 is 2.95 bits per heavy atom. The number of aromatic nitrogens is 2. The van der Waals surface area contributed by atoms with Crippen LogP contribution < -0.4 is 0 Å². The molecule has 0 saturated carbocycles. The third-order valence-electron chi connectivity index (χ3n) is 3.88. The van der Waals surface area contributed by atoms with E-state index in [0.717, 1.165) is 17.8 Å². The number of nitrogens with zero attached hydrogens (tertiary/aromatic N) is 2. The van der Waals surface area contributed by atoms with Crippen molar-refractivity contribution in [3.8, 4) is 0 Å². The number of sulfone groups is 1. The van der Waals surface area contributed by atoms with Crippen LogP contribution in [0.4, 0.5) is 0 Å². The van der Waals surface area contributed by atoms with E-state index in [-0.39, 0.29) is 23.0 Å². The lowest BCUT2D eigenvalue weighted by Crippen LogP contribution is -2.27. The van der Waals surface area contributed by atoms with Gasteiger partial charge in [-0.1, -0.05) is 0 Å². The van der Waals surface area contributed by atoms with Crippen molar-refractivity contribution in [3.63, 3.8) is 0 Å². The zero-order chi connectivity index (χ0) is 15.0. The Kier molecular flexibility index (Phi) is 3.44. The van der Waals surface area contributed by atoms with Crippen molar-refractivity contribution in [3.05, 3.63) is 35.9 Å². The zero-order valence-corrected chi connectivity index (χ0v) is 12.2. The van der Waals surface area contributed by atoms with E-state index < -0.39 is 15.8 Å². The minimum absolute atomic E-state index is 0.0582. The molecule has 1 atom stereocenters. The lowest BCUT2D eigenvalue weighted by molar-refractivity contribution is 0.0696. The van der Waals surface area contributed by atoms with E-state index in [4.69, 9.17) is 5.11 Å². The van der Waals surface area contributed by atoms with E-state index in [9.17, 15) is 13.2 Å². The average molecular weight is 308 g/mol. The molecule has 1 aliphatic heterocycles. The van der Waals surface area contributed by atoms with Crippen LogP contribution in [0.1, 0.15) is 29.0 Å². The van der Waals surface area contributed by atoms with Crippen LogP contribution >= 0.6 is 0 Å². The fourth-order valence-corrected chi connectivity index (χ4v) is 4.63. The molecular formula is C14H16N2O4S. The highest BCUT2D eigenvalue weighted by Gasteiger charge is 2.26. The number of imidazole rings is 1. The number of fused-ring (bicyclic) bond motifs is 1. The molecule has 1 unspecified atom stereocenters. The van der Waals surface area contributed by atoms with Gasteiger partial charge in [0.15, 0.2) is 9.84 Å². The highest BCUT2D eigenvalue weighted by atomic mass is 32.2. The number of carboxylic acids is 1. The van der Waals surface area contributed by atoms with Gasteiger partial charge in [-0.3, -0.25) is 0 Å². The molecule has 3 heterocycles. The first-order valence-electron chi connectivity index (χ1n) is 6.84. The van der Waals surface area contributed by atoms with Crippen LogP contribution in [-0.4, -0.2) is 40.4 Å². The molecule has 21 heavy (non-hydrogen) atoms. The minimum Gasteiger partial charge on any atom is -0.478 e. The fraction of sp³-hybridized carbons (Fsp3) is 0.429. The van der Waals surface area contributed by atoms with E-state index >= 15 is 0 Å². The Labute approximate surface area is 122 Å². The Bertz CT molecular complexity index is 794. The van der Waals surface area contributed by atoms with Crippen molar-refractivity contribution >= 4 is 21.3 Å². The Balaban J connectivity index is 1.90. The van der Waals surface area contributed by atoms with Gasteiger partial charge in [0.05, 0.1) is 28.8 Å². The maximum absolute atomic E-state index is 11.7. The predicted octanol–water partition coefficient (Wildman–Crippen LogP) is 1.40. The molecule has 0 aromatic carbocycles. The molecule has 3 rings (SSSR count). The summed E-state index contributed by atoms with van der Waals surface area (Å²) in [5, 5.41) is 9.05. The molecule has 112 valence electrons. The quantitative estimate of drug-likeness (QED) is 0.926. The maximum Gasteiger partial charge on any atom is 0.337 e. The molecule has 1 N–H and O–H groups in total. The predicted molar refractivity (Wildman–Crippen MR) is 77.2 cm³/mol. The molecule has 0 spiro atoms. The molecule has 0 aliphatic carbocycles. The van der Waals surface area contributed by atoms with E-state index in [1.165, 1.54) is 12.3 Å². The molecule has 1 saturated heterocycles. The van der Waals surface area contributed by atoms with Gasteiger partial charge in [0.2, 0.25) is 0 Å². The monoisotopic (exact) mass is 308 g/mol. The van der Waals surface area contributed by atoms with Crippen LogP contribution in [0.2, 0.25) is 0 Å². The Morgan fingerprint density at radius 1 is 1.43 bits per heavy atom. The van der Waals surface area contributed by atoms with Gasteiger partial charge in [0.25, 0.3) is 0 Å². The lowest BCUT2D eigenvalue weighted by Gasteiger charge is -2.21. The molecular weight excluding hydrogens is 292 g/mol. The normalized spacial score (nSPS) is 21.4. The van der Waals surface area contributed by atoms with E-state index in [2.05, 4.69) is 4.98 Å². The number of carbonyl (C=O) groups is 1. The van der Waals surface area contributed by atoms with Crippen molar-refractivity contribution in [1.82, 2.24) is 9.38 Å². The molecule has 0 amide bonds. The molecule has 7 heteroatoms. The molecule has 0 bridgehead atoms. The number of pyridine rings is 1. The first-order chi connectivity index (χ1) is 9.94. The largest absolute Gasteiger partial charge is 0.478 e. The summed E-state index contributed by atoms with van der Waals surface area (Å²) in [6, 6.07) is 3.24. The summed E-state index contributed by atoms with van der Waals surface area (Å²) in [7, 11) is -2.94. The topological polar surface area (TPSA) is 88.7 Å². The zero-order valence-electron chi connectivity index (χ0n) is 11.4. The summed E-state index contributed by atoms with van der Waals surface area (Å²) in [6.07, 6.45) is 5.33. The summed E-state index contributed by atoms with van der Waals surface area (Å²) in [4.78, 5) is 15.4. The second kappa shape index (κ2) is 5.14. The first kappa shape index (κ1) is 14.1. The van der Waals surface area contributed by atoms with Crippen molar-refractivity contribution in [2.75, 3.05) is 11.5 Å². The fourth-order valence-electron chi connectivity index (χ4n) is 2.86. The van der Waals surface area contributed by atoms with Gasteiger partial charge in [-0.2, -0.15) is 0 Å². The van der Waals surface area contributed by atoms with Crippen LogP contribution in [0.15, 0.2) is 24.5 Å². The van der Waals surface area contributed by atoms with Crippen molar-refractivity contribution in [2.45, 2.75) is 19.3 Å². The molecule has 0 radical (unpaired) electrons. The Morgan fingerprint density at radius 2 is 2.24 bits per heavy atom. The van der Waals surface area contributed by atoms with Crippen molar-refractivity contribution in [2.24, 2.45) is 5.92 Å². The van der Waals surface area contributed by atoms with Gasteiger partial charge in [-0.25, -0.2) is 18.2 Å². The third kappa shape index (κ3) is 2.92. The van der Waals surface area contributed by atoms with E-state index in [0.29, 0.717) is 12.8 Å². The summed E-state index contributed by atoms with van der Waals surface area (Å²) in [5.41, 5.74) is 1.01. The van der Waals surface area contributed by atoms with Crippen LogP contribution in [0.5, 0.6) is 0 Å². The van der Waals surface area contributed by atoms with Crippen LogP contribution in [-0.2, 0) is 16.3 Å². The van der Waals surface area contributed by atoms with Crippen LogP contribution in [0.25, 0.3) is 5.52 Å². The Hall–Kier alpha value is -1.89. The SMILES string of the molecule is O=C(O)c1ccc2cnc(CC3CCCS(=O)(=O)C3)n2c1. The second-order valence-corrected chi connectivity index (χ2v) is 7.75. The molecule has 2 aromatic rings. The number of aromatic carboxylic acids is 1. The number of carboxylic acid groups (broad SMARTS) is 1. The van der Waals surface area contributed by atoms with Gasteiger partial charge in [0, 0.05) is 12.6 Å². The molecule has 6 nitrogen and oxygen atoms in total. The number of hydrogen-bond donors (Lipinski definition) is 1. The van der Waals surface area contributed by atoms with Crippen LogP contribution in [0.3, 0.4) is 0 Å². The van der Waals surface area contributed by atoms with Crippen molar-refractivity contribution in [1.29, 1.82) is 0 Å². The summed E-state index contributed by atoms with van der Waals surface area (Å²) < 4.78 is 25.1. The average Bonchev–Trinajstić information content (AvgIpc) is 2.80. The first-order valence-corrected chi connectivity index (χ1v) is 8.66. The standard InChI is InChI=1S/C14H16N2O4S/c17-14(18)11-3-4-12-7-15-13(16(12)8-11)6-10-2-1-5-21(19,20)9-10/h3-4,7-8,10H,1-2,5-6,9H2,(H,17,18). The molecule has 1 aliphatic rings. The highest BCUT2D eigenvalue weighted by molar-refractivity contribution is 7.91. The molecule has 1 fully saturated rings. The number of hydrogen-bond acceptors (Lipinski definition) is 4. The second-order valence-electron chi connectivity index (χ2n) is 5.52. The minimum atomic E-state index is -2.94. The van der Waals surface area contributed by atoms with E-state index in [1.807, 2.05) is 0 Å². The third-order valence-corrected chi connectivity index (χ3v) is 5.77. The summed E-state index contributed by atoms with van der Waals surface area (Å²) in [5.74, 6) is 0.255. The summed E-state index contributed by atoms with van der Waals surface area (Å²) >= 11 is 0. The lowest BCUT2D eigenvalue weighted by atomic mass is 10.0. The van der Waals surface area contributed by atoms with Gasteiger partial charge < -0.3 is 9.51 Å². The van der Waals surface area contributed by atoms with Crippen LogP contribution in [0, 0.1) is 5.92 Å². The van der Waals surface area contributed by atoms with Gasteiger partial charge in [0.1, 0.15) is 5.82 Å². The molecule has 2 aromatic heterocycles.